The van der Waals surface area contributed by atoms with E-state index < -0.39 is 32.5 Å². The number of hydrogen-bond acceptors (Lipinski definition) is 9. The fourth-order valence-electron chi connectivity index (χ4n) is 5.86. The number of esters is 2. The van der Waals surface area contributed by atoms with Crippen molar-refractivity contribution >= 4 is 19.8 Å². The Morgan fingerprint density at radius 2 is 1.28 bits per heavy atom. The van der Waals surface area contributed by atoms with E-state index in [0.717, 1.165) is 89.9 Å². The van der Waals surface area contributed by atoms with Gasteiger partial charge in [-0.3, -0.25) is 18.6 Å². The Balaban J connectivity index is 2.31. The third kappa shape index (κ3) is 30.9. The summed E-state index contributed by atoms with van der Waals surface area (Å²) in [5.41, 5.74) is -0.172. The molecule has 0 spiro atoms. The van der Waals surface area contributed by atoms with E-state index in [1.807, 2.05) is 21.1 Å². The molecule has 1 unspecified atom stereocenters. The molecule has 0 fully saturated rings. The monoisotopic (exact) mass is 769 g/mol. The smallest absolute Gasteiger partial charge is 0.462 e. The Labute approximate surface area is 322 Å². The van der Waals surface area contributed by atoms with Crippen LogP contribution in [0.25, 0.3) is 0 Å². The summed E-state index contributed by atoms with van der Waals surface area (Å²) in [6, 6.07) is 0. The summed E-state index contributed by atoms with van der Waals surface area (Å²) in [4.78, 5) is 35.3. The van der Waals surface area contributed by atoms with Gasteiger partial charge < -0.3 is 18.9 Å². The Kier molecular flexibility index (Phi) is 27.9. The predicted octanol–water partition coefficient (Wildman–Crippen LogP) is 10.4. The standard InChI is InChI=1S/C41H74N3O8P/c1-6-8-10-11-12-13-14-15-16-17-18-19-20-24-27-31-40(46)52-38(37-51-53(47,48)50-35-34-44(3,4)5)36-49-39(45)30-26-23-21-22-25-29-33-41(42-43-41)32-28-9-7-2/h2,15-16,38H,6,8-14,17-37H2,1,3-5H3/p+1/b16-15-/t38-/m1/s1. The first-order valence-corrected chi connectivity index (χ1v) is 22.2. The van der Waals surface area contributed by atoms with E-state index in [1.54, 1.807) is 0 Å². The summed E-state index contributed by atoms with van der Waals surface area (Å²) >= 11 is 0. The minimum absolute atomic E-state index is 0.0196. The normalized spacial score (nSPS) is 15.2. The number of rotatable bonds is 37. The zero-order valence-electron chi connectivity index (χ0n) is 33.9. The highest BCUT2D eigenvalue weighted by atomic mass is 31.2. The Bertz CT molecular complexity index is 1110. The molecule has 1 aliphatic rings. The minimum Gasteiger partial charge on any atom is -0.462 e. The van der Waals surface area contributed by atoms with E-state index >= 15 is 0 Å². The van der Waals surface area contributed by atoms with Crippen molar-refractivity contribution in [2.24, 2.45) is 10.2 Å². The predicted molar refractivity (Wildman–Crippen MR) is 212 cm³/mol. The number of ether oxygens (including phenoxy) is 2. The highest BCUT2D eigenvalue weighted by Crippen LogP contribution is 2.43. The molecule has 53 heavy (non-hydrogen) atoms. The Hall–Kier alpha value is -2.09. The fraction of sp³-hybridized carbons (Fsp3) is 0.854. The second-order valence-corrected chi connectivity index (χ2v) is 17.1. The molecule has 1 aliphatic heterocycles. The number of terminal acetylenes is 1. The van der Waals surface area contributed by atoms with E-state index in [2.05, 4.69) is 35.2 Å². The molecule has 0 saturated heterocycles. The lowest BCUT2D eigenvalue weighted by Gasteiger charge is -2.24. The molecule has 0 aromatic carbocycles. The first-order valence-electron chi connectivity index (χ1n) is 20.7. The van der Waals surface area contributed by atoms with E-state index in [-0.39, 0.29) is 31.7 Å². The van der Waals surface area contributed by atoms with Crippen LogP contribution in [0.1, 0.15) is 167 Å². The van der Waals surface area contributed by atoms with Crippen molar-refractivity contribution in [2.75, 3.05) is 47.5 Å². The summed E-state index contributed by atoms with van der Waals surface area (Å²) < 4.78 is 34.2. The Morgan fingerprint density at radius 3 is 1.85 bits per heavy atom. The van der Waals surface area contributed by atoms with Gasteiger partial charge >= 0.3 is 19.8 Å². The van der Waals surface area contributed by atoms with Crippen molar-refractivity contribution in [3.8, 4) is 12.3 Å². The third-order valence-corrected chi connectivity index (χ3v) is 10.3. The van der Waals surface area contributed by atoms with Crippen LogP contribution in [0.15, 0.2) is 22.4 Å². The molecule has 0 aromatic rings. The number of carbonyl (C=O) groups is 2. The van der Waals surface area contributed by atoms with Gasteiger partial charge in [-0.05, 0) is 64.2 Å². The molecule has 2 atom stereocenters. The van der Waals surface area contributed by atoms with Gasteiger partial charge in [-0.15, -0.1) is 12.3 Å². The summed E-state index contributed by atoms with van der Waals surface area (Å²) in [5.74, 6) is 1.82. The van der Waals surface area contributed by atoms with Crippen molar-refractivity contribution in [3.63, 3.8) is 0 Å². The molecule has 11 nitrogen and oxygen atoms in total. The molecule has 0 amide bonds. The van der Waals surface area contributed by atoms with Crippen LogP contribution in [-0.2, 0) is 32.7 Å². The maximum absolute atomic E-state index is 12.7. The van der Waals surface area contributed by atoms with Gasteiger partial charge in [0.05, 0.1) is 27.7 Å². The molecule has 0 aliphatic carbocycles. The van der Waals surface area contributed by atoms with Gasteiger partial charge in [0, 0.05) is 19.3 Å². The second kappa shape index (κ2) is 30.2. The van der Waals surface area contributed by atoms with Crippen LogP contribution in [-0.4, -0.2) is 80.6 Å². The average molecular weight is 769 g/mol. The SMILES string of the molecule is C#CCCCC1(CCCCCCCCC(=O)OC[C@H](COP(=O)(O)OCC[N+](C)(C)C)OC(=O)CCCCCCC/C=C\CCCCCCCC)N=N1. The number of unbranched alkanes of at least 4 members (excludes halogenated alkanes) is 17. The van der Waals surface area contributed by atoms with Crippen LogP contribution in [0.3, 0.4) is 0 Å². The largest absolute Gasteiger partial charge is 0.472 e. The molecule has 0 aromatic heterocycles. The molecule has 0 bridgehead atoms. The van der Waals surface area contributed by atoms with Gasteiger partial charge in [0.15, 0.2) is 11.8 Å². The zero-order chi connectivity index (χ0) is 39.1. The maximum Gasteiger partial charge on any atom is 0.472 e. The second-order valence-electron chi connectivity index (χ2n) is 15.6. The number of carbonyl (C=O) groups excluding carboxylic acids is 2. The van der Waals surface area contributed by atoms with Crippen LogP contribution in [0.4, 0.5) is 0 Å². The molecule has 0 saturated carbocycles. The third-order valence-electron chi connectivity index (χ3n) is 9.30. The minimum atomic E-state index is -4.39. The lowest BCUT2D eigenvalue weighted by molar-refractivity contribution is -0.870. The molecule has 1 heterocycles. The van der Waals surface area contributed by atoms with E-state index in [0.29, 0.717) is 23.9 Å². The molecular formula is C41H75N3O8P+. The zero-order valence-corrected chi connectivity index (χ0v) is 34.8. The average Bonchev–Trinajstić information content (AvgIpc) is 3.87. The van der Waals surface area contributed by atoms with Gasteiger partial charge in [0.2, 0.25) is 0 Å². The Morgan fingerprint density at radius 1 is 0.755 bits per heavy atom. The molecular weight excluding hydrogens is 693 g/mol. The van der Waals surface area contributed by atoms with Crippen molar-refractivity contribution in [3.05, 3.63) is 12.2 Å². The van der Waals surface area contributed by atoms with Gasteiger partial charge in [-0.1, -0.05) is 96.1 Å². The highest BCUT2D eigenvalue weighted by molar-refractivity contribution is 7.47. The van der Waals surface area contributed by atoms with Crippen LogP contribution in [0.2, 0.25) is 0 Å². The summed E-state index contributed by atoms with van der Waals surface area (Å²) in [6.07, 6.45) is 34.0. The number of allylic oxidation sites excluding steroid dienone is 2. The van der Waals surface area contributed by atoms with Gasteiger partial charge in [-0.25, -0.2) is 4.57 Å². The van der Waals surface area contributed by atoms with E-state index in [9.17, 15) is 19.0 Å². The quantitative estimate of drug-likeness (QED) is 0.0165. The number of quaternary nitrogens is 1. The van der Waals surface area contributed by atoms with Crippen LogP contribution in [0, 0.1) is 12.3 Å². The lowest BCUT2D eigenvalue weighted by Crippen LogP contribution is -2.37. The molecule has 306 valence electrons. The molecule has 0 radical (unpaired) electrons. The van der Waals surface area contributed by atoms with Crippen molar-refractivity contribution in [1.82, 2.24) is 0 Å². The molecule has 1 rings (SSSR count). The van der Waals surface area contributed by atoms with E-state index in [4.69, 9.17) is 24.9 Å². The number of likely N-dealkylation sites (N-methyl/N-ethyl adjacent to an activating group) is 1. The number of phosphoric acid groups is 1. The highest BCUT2D eigenvalue weighted by Gasteiger charge is 2.38. The van der Waals surface area contributed by atoms with E-state index in [1.165, 1.54) is 44.9 Å². The maximum atomic E-state index is 12.7. The van der Waals surface area contributed by atoms with Gasteiger partial charge in [0.1, 0.15) is 19.8 Å². The first kappa shape index (κ1) is 48.9. The van der Waals surface area contributed by atoms with Crippen molar-refractivity contribution < 1.29 is 42.1 Å². The fourth-order valence-corrected chi connectivity index (χ4v) is 6.60. The summed E-state index contributed by atoms with van der Waals surface area (Å²) in [6.45, 7) is 2.09. The number of hydrogen-bond donors (Lipinski definition) is 1. The lowest BCUT2D eigenvalue weighted by atomic mass is 9.98. The van der Waals surface area contributed by atoms with Gasteiger partial charge in [-0.2, -0.15) is 10.2 Å². The van der Waals surface area contributed by atoms with Crippen LogP contribution >= 0.6 is 7.82 Å². The van der Waals surface area contributed by atoms with Crippen molar-refractivity contribution in [1.29, 1.82) is 0 Å². The summed E-state index contributed by atoms with van der Waals surface area (Å²) in [5, 5.41) is 8.48. The summed E-state index contributed by atoms with van der Waals surface area (Å²) in [7, 11) is 1.43. The topological polar surface area (TPSA) is 133 Å². The number of phosphoric ester groups is 1. The van der Waals surface area contributed by atoms with Crippen molar-refractivity contribution in [2.45, 2.75) is 179 Å². The van der Waals surface area contributed by atoms with Crippen LogP contribution < -0.4 is 0 Å². The molecule has 12 heteroatoms. The number of nitrogens with zero attached hydrogens (tertiary/aromatic N) is 3. The van der Waals surface area contributed by atoms with Gasteiger partial charge in [0.25, 0.3) is 0 Å². The first-order chi connectivity index (χ1) is 25.4. The van der Waals surface area contributed by atoms with Crippen LogP contribution in [0.5, 0.6) is 0 Å². The molecule has 1 N–H and O–H groups in total.